The van der Waals surface area contributed by atoms with E-state index in [1.54, 1.807) is 0 Å². The Morgan fingerprint density at radius 2 is 1.80 bits per heavy atom. The number of carboxylic acid groups (broad SMARTS) is 1. The Labute approximate surface area is 124 Å². The van der Waals surface area contributed by atoms with Crippen molar-refractivity contribution in [1.29, 1.82) is 0 Å². The van der Waals surface area contributed by atoms with E-state index in [0.717, 1.165) is 4.90 Å². The van der Waals surface area contributed by atoms with Gasteiger partial charge in [0.25, 0.3) is 0 Å². The lowest BCUT2D eigenvalue weighted by atomic mass is 9.87. The molecule has 4 nitrogen and oxygen atoms in total. The van der Waals surface area contributed by atoms with Gasteiger partial charge in [-0.15, -0.1) is 11.8 Å². The molecule has 20 heavy (non-hydrogen) atoms. The summed E-state index contributed by atoms with van der Waals surface area (Å²) in [5, 5.41) is 11.0. The quantitative estimate of drug-likeness (QED) is 0.792. The number of carbonyl (C=O) groups excluding carboxylic acids is 1. The first-order chi connectivity index (χ1) is 9.29. The van der Waals surface area contributed by atoms with Crippen molar-refractivity contribution in [2.45, 2.75) is 37.5 Å². The van der Waals surface area contributed by atoms with Gasteiger partial charge in [0.2, 0.25) is 5.91 Å². The molecule has 1 amide bonds. The lowest BCUT2D eigenvalue weighted by Gasteiger charge is -2.19. The van der Waals surface area contributed by atoms with Crippen LogP contribution in [-0.4, -0.2) is 29.3 Å². The molecular formula is C15H21NO3S. The van der Waals surface area contributed by atoms with E-state index in [1.165, 1.54) is 17.3 Å². The van der Waals surface area contributed by atoms with Gasteiger partial charge in [-0.2, -0.15) is 0 Å². The molecule has 0 bridgehead atoms. The van der Waals surface area contributed by atoms with Crippen molar-refractivity contribution in [1.82, 2.24) is 5.32 Å². The van der Waals surface area contributed by atoms with Crippen LogP contribution in [-0.2, 0) is 15.0 Å². The van der Waals surface area contributed by atoms with Gasteiger partial charge < -0.3 is 10.4 Å². The molecule has 0 unspecified atom stereocenters. The molecule has 0 atom stereocenters. The minimum absolute atomic E-state index is 0.0450. The van der Waals surface area contributed by atoms with E-state index in [2.05, 4.69) is 38.2 Å². The van der Waals surface area contributed by atoms with Crippen LogP contribution in [0, 0.1) is 0 Å². The summed E-state index contributed by atoms with van der Waals surface area (Å²) in [5.74, 6) is -0.749. The highest BCUT2D eigenvalue weighted by molar-refractivity contribution is 8.00. The smallest absolute Gasteiger partial charge is 0.305 e. The molecular weight excluding hydrogens is 274 g/mol. The highest BCUT2D eigenvalue weighted by Crippen LogP contribution is 2.25. The average molecular weight is 295 g/mol. The average Bonchev–Trinajstić information content (AvgIpc) is 2.35. The highest BCUT2D eigenvalue weighted by Gasteiger charge is 2.13. The van der Waals surface area contributed by atoms with Gasteiger partial charge in [-0.1, -0.05) is 32.9 Å². The number of carboxylic acids is 1. The second-order valence-electron chi connectivity index (χ2n) is 5.56. The lowest BCUT2D eigenvalue weighted by molar-refractivity contribution is -0.136. The monoisotopic (exact) mass is 295 g/mol. The van der Waals surface area contributed by atoms with Crippen molar-refractivity contribution in [3.63, 3.8) is 0 Å². The van der Waals surface area contributed by atoms with Crippen LogP contribution in [0.15, 0.2) is 29.2 Å². The molecule has 0 aliphatic heterocycles. The molecule has 110 valence electrons. The van der Waals surface area contributed by atoms with E-state index in [-0.39, 0.29) is 24.3 Å². The Hall–Kier alpha value is -1.49. The van der Waals surface area contributed by atoms with Gasteiger partial charge in [-0.25, -0.2) is 0 Å². The second-order valence-corrected chi connectivity index (χ2v) is 6.61. The van der Waals surface area contributed by atoms with Gasteiger partial charge in [0.05, 0.1) is 12.2 Å². The number of nitrogens with one attached hydrogen (secondary N) is 1. The molecule has 0 aliphatic carbocycles. The second kappa shape index (κ2) is 7.33. The number of thioether (sulfide) groups is 1. The molecule has 1 aromatic rings. The van der Waals surface area contributed by atoms with E-state index in [9.17, 15) is 9.59 Å². The Balaban J connectivity index is 2.38. The zero-order valence-corrected chi connectivity index (χ0v) is 12.9. The summed E-state index contributed by atoms with van der Waals surface area (Å²) in [7, 11) is 0. The van der Waals surface area contributed by atoms with E-state index in [4.69, 9.17) is 5.11 Å². The predicted octanol–water partition coefficient (Wildman–Crippen LogP) is 2.67. The van der Waals surface area contributed by atoms with E-state index >= 15 is 0 Å². The van der Waals surface area contributed by atoms with E-state index in [0.29, 0.717) is 5.75 Å². The summed E-state index contributed by atoms with van der Waals surface area (Å²) in [4.78, 5) is 22.8. The van der Waals surface area contributed by atoms with Crippen LogP contribution in [0.2, 0.25) is 0 Å². The third-order valence-electron chi connectivity index (χ3n) is 2.75. The topological polar surface area (TPSA) is 66.4 Å². The summed E-state index contributed by atoms with van der Waals surface area (Å²) in [6.45, 7) is 6.65. The van der Waals surface area contributed by atoms with Crippen molar-refractivity contribution in [2.24, 2.45) is 0 Å². The van der Waals surface area contributed by atoms with Crippen molar-refractivity contribution < 1.29 is 14.7 Å². The normalized spacial score (nSPS) is 11.2. The number of benzene rings is 1. The van der Waals surface area contributed by atoms with Gasteiger partial charge in [-0.05, 0) is 23.1 Å². The van der Waals surface area contributed by atoms with Gasteiger partial charge in [0.15, 0.2) is 0 Å². The standard InChI is InChI=1S/C15H21NO3S/c1-15(2,3)11-4-6-12(7-5-11)20-10-13(17)16-9-8-14(18)19/h4-7H,8-10H2,1-3H3,(H,16,17)(H,18,19). The minimum atomic E-state index is -0.907. The first-order valence-electron chi connectivity index (χ1n) is 6.51. The van der Waals surface area contributed by atoms with Crippen molar-refractivity contribution in [3.05, 3.63) is 29.8 Å². The summed E-state index contributed by atoms with van der Waals surface area (Å²) in [6.07, 6.45) is -0.0450. The molecule has 5 heteroatoms. The van der Waals surface area contributed by atoms with Crippen molar-refractivity contribution in [3.8, 4) is 0 Å². The fraction of sp³-hybridized carbons (Fsp3) is 0.467. The molecule has 0 heterocycles. The maximum Gasteiger partial charge on any atom is 0.305 e. The van der Waals surface area contributed by atoms with Crippen LogP contribution in [0.3, 0.4) is 0 Å². The molecule has 1 rings (SSSR count). The molecule has 0 saturated carbocycles. The number of aliphatic carboxylic acids is 1. The van der Waals surface area contributed by atoms with Gasteiger partial charge >= 0.3 is 5.97 Å². The molecule has 0 aromatic heterocycles. The zero-order valence-electron chi connectivity index (χ0n) is 12.1. The maximum absolute atomic E-state index is 11.5. The number of hydrogen-bond acceptors (Lipinski definition) is 3. The van der Waals surface area contributed by atoms with Crippen LogP contribution in [0.1, 0.15) is 32.8 Å². The van der Waals surface area contributed by atoms with Crippen LogP contribution < -0.4 is 5.32 Å². The number of amides is 1. The molecule has 0 radical (unpaired) electrons. The first kappa shape index (κ1) is 16.6. The first-order valence-corrected chi connectivity index (χ1v) is 7.49. The Kier molecular flexibility index (Phi) is 6.07. The van der Waals surface area contributed by atoms with E-state index in [1.807, 2.05) is 12.1 Å². The fourth-order valence-corrected chi connectivity index (χ4v) is 2.29. The van der Waals surface area contributed by atoms with E-state index < -0.39 is 5.97 Å². The van der Waals surface area contributed by atoms with Crippen LogP contribution >= 0.6 is 11.8 Å². The largest absolute Gasteiger partial charge is 0.481 e. The minimum Gasteiger partial charge on any atom is -0.481 e. The molecule has 0 aliphatic rings. The Bertz CT molecular complexity index is 463. The highest BCUT2D eigenvalue weighted by atomic mass is 32.2. The molecule has 1 aromatic carbocycles. The summed E-state index contributed by atoms with van der Waals surface area (Å²) < 4.78 is 0. The van der Waals surface area contributed by atoms with Gasteiger partial charge in [0.1, 0.15) is 0 Å². The SMILES string of the molecule is CC(C)(C)c1ccc(SCC(=O)NCCC(=O)O)cc1. The predicted molar refractivity (Wildman–Crippen MR) is 81.1 cm³/mol. The molecule has 0 fully saturated rings. The van der Waals surface area contributed by atoms with Gasteiger partial charge in [0, 0.05) is 11.4 Å². The third-order valence-corrected chi connectivity index (χ3v) is 3.76. The molecule has 0 spiro atoms. The van der Waals surface area contributed by atoms with Gasteiger partial charge in [-0.3, -0.25) is 9.59 Å². The van der Waals surface area contributed by atoms with Crippen LogP contribution in [0.4, 0.5) is 0 Å². The van der Waals surface area contributed by atoms with Crippen molar-refractivity contribution >= 4 is 23.6 Å². The number of carbonyl (C=O) groups is 2. The third kappa shape index (κ3) is 6.10. The Morgan fingerprint density at radius 3 is 2.30 bits per heavy atom. The summed E-state index contributed by atoms with van der Waals surface area (Å²) in [5.41, 5.74) is 1.38. The lowest BCUT2D eigenvalue weighted by Crippen LogP contribution is -2.27. The van der Waals surface area contributed by atoms with Crippen molar-refractivity contribution in [2.75, 3.05) is 12.3 Å². The molecule has 2 N–H and O–H groups in total. The number of hydrogen-bond donors (Lipinski definition) is 2. The Morgan fingerprint density at radius 1 is 1.20 bits per heavy atom. The fourth-order valence-electron chi connectivity index (χ4n) is 1.56. The maximum atomic E-state index is 11.5. The van der Waals surface area contributed by atoms with Crippen LogP contribution in [0.25, 0.3) is 0 Å². The summed E-state index contributed by atoms with van der Waals surface area (Å²) in [6, 6.07) is 8.17. The van der Waals surface area contributed by atoms with Crippen LogP contribution in [0.5, 0.6) is 0 Å². The molecule has 0 saturated heterocycles. The number of rotatable bonds is 6. The zero-order chi connectivity index (χ0) is 15.2. The summed E-state index contributed by atoms with van der Waals surface area (Å²) >= 11 is 1.45.